The van der Waals surface area contributed by atoms with E-state index in [1.54, 1.807) is 36.4 Å². The molecule has 4 heteroatoms. The normalized spacial score (nSPS) is 11.9. The zero-order chi connectivity index (χ0) is 26.6. The summed E-state index contributed by atoms with van der Waals surface area (Å²) in [6.07, 6.45) is 0. The highest BCUT2D eigenvalue weighted by atomic mass is 32.2. The molecule has 0 fully saturated rings. The third-order valence-electron chi connectivity index (χ3n) is 7.40. The number of hydrogen-bond acceptors (Lipinski definition) is 2. The summed E-state index contributed by atoms with van der Waals surface area (Å²) in [6, 6.07) is 33.8. The number of hydrogen-bond donors (Lipinski definition) is 0. The van der Waals surface area contributed by atoms with Crippen LogP contribution in [-0.4, -0.2) is 13.0 Å². The van der Waals surface area contributed by atoms with E-state index in [1.165, 1.54) is 32.9 Å². The number of benzene rings is 5. The molecule has 0 atom stereocenters. The first-order chi connectivity index (χ1) is 18.2. The van der Waals surface area contributed by atoms with Gasteiger partial charge in [0.25, 0.3) is 0 Å². The van der Waals surface area contributed by atoms with Crippen LogP contribution in [0.15, 0.2) is 113 Å². The van der Waals surface area contributed by atoms with Crippen molar-refractivity contribution in [2.45, 2.75) is 37.5 Å². The standard InChI is InChI=1S/C34H29NO2S/c1-22-10-16-33-31(18-22)32-19-23(2)11-17-34(32)35(33)26-12-14-29(24(3)20-26)30-15-13-28(21-25(30)4)38(36,37)27-8-6-5-7-9-27/h5-21H,1-4H3. The average molecular weight is 516 g/mol. The highest BCUT2D eigenvalue weighted by Gasteiger charge is 2.19. The van der Waals surface area contributed by atoms with Crippen molar-refractivity contribution < 1.29 is 8.42 Å². The Kier molecular flexibility index (Phi) is 5.73. The molecule has 0 amide bonds. The van der Waals surface area contributed by atoms with E-state index < -0.39 is 9.84 Å². The maximum absolute atomic E-state index is 13.1. The fourth-order valence-corrected chi connectivity index (χ4v) is 6.83. The SMILES string of the molecule is Cc1ccc2c(c1)c1cc(C)ccc1n2-c1ccc(-c2ccc(S(=O)(=O)c3ccccc3)cc2C)c(C)c1. The van der Waals surface area contributed by atoms with Gasteiger partial charge in [-0.15, -0.1) is 0 Å². The van der Waals surface area contributed by atoms with Gasteiger partial charge < -0.3 is 4.57 Å². The lowest BCUT2D eigenvalue weighted by molar-refractivity contribution is 0.596. The Balaban J connectivity index is 1.45. The quantitative estimate of drug-likeness (QED) is 0.236. The lowest BCUT2D eigenvalue weighted by atomic mass is 9.96. The highest BCUT2D eigenvalue weighted by molar-refractivity contribution is 7.91. The van der Waals surface area contributed by atoms with E-state index in [-0.39, 0.29) is 0 Å². The number of aryl methyl sites for hydroxylation is 4. The van der Waals surface area contributed by atoms with Gasteiger partial charge >= 0.3 is 0 Å². The fourth-order valence-electron chi connectivity index (χ4n) is 5.46. The maximum Gasteiger partial charge on any atom is 0.206 e. The summed E-state index contributed by atoms with van der Waals surface area (Å²) in [5.41, 5.74) is 10.2. The molecule has 0 saturated heterocycles. The molecule has 6 aromatic rings. The van der Waals surface area contributed by atoms with E-state index in [0.29, 0.717) is 9.79 Å². The minimum Gasteiger partial charge on any atom is -0.309 e. The summed E-state index contributed by atoms with van der Waals surface area (Å²) in [6.45, 7) is 8.37. The van der Waals surface area contributed by atoms with Crippen LogP contribution >= 0.6 is 0 Å². The van der Waals surface area contributed by atoms with Crippen molar-refractivity contribution in [3.8, 4) is 16.8 Å². The molecular formula is C34H29NO2S. The van der Waals surface area contributed by atoms with E-state index in [0.717, 1.165) is 27.9 Å². The molecule has 0 N–H and O–H groups in total. The van der Waals surface area contributed by atoms with Gasteiger partial charge in [-0.05, 0) is 111 Å². The minimum atomic E-state index is -3.56. The second kappa shape index (κ2) is 9.00. The number of nitrogens with zero attached hydrogens (tertiary/aromatic N) is 1. The molecule has 0 radical (unpaired) electrons. The van der Waals surface area contributed by atoms with Gasteiger partial charge in [-0.25, -0.2) is 8.42 Å². The zero-order valence-corrected chi connectivity index (χ0v) is 22.8. The van der Waals surface area contributed by atoms with Crippen LogP contribution in [0.25, 0.3) is 38.6 Å². The topological polar surface area (TPSA) is 39.1 Å². The van der Waals surface area contributed by atoms with Crippen molar-refractivity contribution in [3.63, 3.8) is 0 Å². The Hall–Kier alpha value is -4.15. The summed E-state index contributed by atoms with van der Waals surface area (Å²) in [7, 11) is -3.56. The van der Waals surface area contributed by atoms with Crippen molar-refractivity contribution in [3.05, 3.63) is 125 Å². The molecule has 0 unspecified atom stereocenters. The smallest absolute Gasteiger partial charge is 0.206 e. The maximum atomic E-state index is 13.1. The highest BCUT2D eigenvalue weighted by Crippen LogP contribution is 2.36. The van der Waals surface area contributed by atoms with Crippen LogP contribution in [0.5, 0.6) is 0 Å². The Bertz CT molecular complexity index is 1910. The molecule has 3 nitrogen and oxygen atoms in total. The van der Waals surface area contributed by atoms with Crippen molar-refractivity contribution >= 4 is 31.6 Å². The Morgan fingerprint density at radius 2 is 1.08 bits per heavy atom. The largest absolute Gasteiger partial charge is 0.309 e. The first-order valence-electron chi connectivity index (χ1n) is 12.8. The van der Waals surface area contributed by atoms with Crippen LogP contribution in [0.4, 0.5) is 0 Å². The first kappa shape index (κ1) is 24.2. The molecule has 38 heavy (non-hydrogen) atoms. The molecule has 1 heterocycles. The van der Waals surface area contributed by atoms with Crippen LogP contribution in [0.1, 0.15) is 22.3 Å². The van der Waals surface area contributed by atoms with Gasteiger partial charge in [0.05, 0.1) is 20.8 Å². The second-order valence-corrected chi connectivity index (χ2v) is 12.1. The van der Waals surface area contributed by atoms with Crippen molar-refractivity contribution in [1.29, 1.82) is 0 Å². The van der Waals surface area contributed by atoms with E-state index in [4.69, 9.17) is 0 Å². The molecule has 1 aromatic heterocycles. The molecule has 0 saturated carbocycles. The summed E-state index contributed by atoms with van der Waals surface area (Å²) >= 11 is 0. The van der Waals surface area contributed by atoms with Crippen LogP contribution in [0.2, 0.25) is 0 Å². The molecule has 6 rings (SSSR count). The molecule has 0 aliphatic rings. The molecule has 188 valence electrons. The average Bonchev–Trinajstić information content (AvgIpc) is 3.22. The van der Waals surface area contributed by atoms with Gasteiger partial charge in [-0.1, -0.05) is 53.6 Å². The van der Waals surface area contributed by atoms with Crippen LogP contribution < -0.4 is 0 Å². The molecule has 0 aliphatic heterocycles. The number of aromatic nitrogens is 1. The first-order valence-corrected chi connectivity index (χ1v) is 14.3. The second-order valence-electron chi connectivity index (χ2n) is 10.2. The minimum absolute atomic E-state index is 0.309. The van der Waals surface area contributed by atoms with Gasteiger partial charge in [-0.2, -0.15) is 0 Å². The van der Waals surface area contributed by atoms with Crippen LogP contribution in [0.3, 0.4) is 0 Å². The van der Waals surface area contributed by atoms with Crippen molar-refractivity contribution in [2.24, 2.45) is 0 Å². The number of fused-ring (bicyclic) bond motifs is 3. The van der Waals surface area contributed by atoms with Gasteiger partial charge in [0, 0.05) is 16.5 Å². The Labute approximate surface area is 223 Å². The van der Waals surface area contributed by atoms with E-state index in [2.05, 4.69) is 79.9 Å². The third-order valence-corrected chi connectivity index (χ3v) is 9.16. The summed E-state index contributed by atoms with van der Waals surface area (Å²) in [5, 5.41) is 2.52. The fraction of sp³-hybridized carbons (Fsp3) is 0.118. The van der Waals surface area contributed by atoms with Gasteiger partial charge in [0.1, 0.15) is 0 Å². The monoisotopic (exact) mass is 515 g/mol. The van der Waals surface area contributed by atoms with Gasteiger partial charge in [-0.3, -0.25) is 0 Å². The molecular weight excluding hydrogens is 486 g/mol. The van der Waals surface area contributed by atoms with Gasteiger partial charge in [0.15, 0.2) is 0 Å². The zero-order valence-electron chi connectivity index (χ0n) is 22.0. The summed E-state index contributed by atoms with van der Waals surface area (Å²) < 4.78 is 28.6. The third kappa shape index (κ3) is 3.93. The van der Waals surface area contributed by atoms with Crippen LogP contribution in [0, 0.1) is 27.7 Å². The predicted octanol–water partition coefficient (Wildman–Crippen LogP) is 8.52. The van der Waals surface area contributed by atoms with E-state index in [1.807, 2.05) is 19.1 Å². The number of sulfone groups is 1. The predicted molar refractivity (Wildman–Crippen MR) is 157 cm³/mol. The molecule has 0 spiro atoms. The van der Waals surface area contributed by atoms with Gasteiger partial charge in [0.2, 0.25) is 9.84 Å². The van der Waals surface area contributed by atoms with Crippen LogP contribution in [-0.2, 0) is 9.84 Å². The molecule has 0 aliphatic carbocycles. The summed E-state index contributed by atoms with van der Waals surface area (Å²) in [4.78, 5) is 0.624. The van der Waals surface area contributed by atoms with Crippen molar-refractivity contribution in [1.82, 2.24) is 4.57 Å². The molecule has 0 bridgehead atoms. The summed E-state index contributed by atoms with van der Waals surface area (Å²) in [5.74, 6) is 0. The Morgan fingerprint density at radius 3 is 1.63 bits per heavy atom. The number of rotatable bonds is 4. The van der Waals surface area contributed by atoms with E-state index >= 15 is 0 Å². The lowest BCUT2D eigenvalue weighted by Gasteiger charge is -2.15. The van der Waals surface area contributed by atoms with E-state index in [9.17, 15) is 8.42 Å². The molecule has 5 aromatic carbocycles. The Morgan fingerprint density at radius 1 is 0.526 bits per heavy atom. The van der Waals surface area contributed by atoms with Crippen molar-refractivity contribution in [2.75, 3.05) is 0 Å². The lowest BCUT2D eigenvalue weighted by Crippen LogP contribution is -2.02.